The second-order valence-corrected chi connectivity index (χ2v) is 7.62. The van der Waals surface area contributed by atoms with Gasteiger partial charge >= 0.3 is 0 Å². The summed E-state index contributed by atoms with van der Waals surface area (Å²) in [5, 5.41) is 2.76. The minimum Gasteiger partial charge on any atom is -0.378 e. The smallest absolute Gasteiger partial charge is 0.232 e. The Kier molecular flexibility index (Phi) is 6.22. The lowest BCUT2D eigenvalue weighted by Crippen LogP contribution is -2.36. The molecule has 0 bridgehead atoms. The number of nitrogens with one attached hydrogen (secondary N) is 1. The third-order valence-corrected chi connectivity index (χ3v) is 4.24. The zero-order valence-electron chi connectivity index (χ0n) is 13.8. The van der Waals surface area contributed by atoms with Crippen LogP contribution in [0.25, 0.3) is 0 Å². The molecule has 0 heterocycles. The molecule has 0 unspecified atom stereocenters. The summed E-state index contributed by atoms with van der Waals surface area (Å²) in [4.78, 5) is 13.7. The molecule has 124 valence electrons. The molecule has 0 aliphatic heterocycles. The van der Waals surface area contributed by atoms with Crippen molar-refractivity contribution >= 4 is 27.3 Å². The van der Waals surface area contributed by atoms with E-state index in [9.17, 15) is 13.2 Å². The number of rotatable bonds is 7. The van der Waals surface area contributed by atoms with Crippen molar-refractivity contribution < 1.29 is 13.2 Å². The number of carbonyl (C=O) groups excluding carboxylic acids is 1. The van der Waals surface area contributed by atoms with Gasteiger partial charge in [-0.3, -0.25) is 9.10 Å². The molecule has 0 saturated carbocycles. The number of amides is 1. The largest absolute Gasteiger partial charge is 0.378 e. The molecule has 0 aromatic heterocycles. The molecule has 0 spiro atoms. The van der Waals surface area contributed by atoms with Crippen LogP contribution in [-0.4, -0.2) is 47.3 Å². The minimum absolute atomic E-state index is 0.0403. The third kappa shape index (κ3) is 5.55. The third-order valence-electron chi connectivity index (χ3n) is 3.05. The van der Waals surface area contributed by atoms with Gasteiger partial charge in [-0.25, -0.2) is 8.42 Å². The lowest BCUT2D eigenvalue weighted by molar-refractivity contribution is -0.121. The molecule has 0 aliphatic carbocycles. The van der Waals surface area contributed by atoms with Crippen LogP contribution in [0.1, 0.15) is 20.3 Å². The lowest BCUT2D eigenvalue weighted by atomic mass is 10.2. The summed E-state index contributed by atoms with van der Waals surface area (Å²) in [5.41, 5.74) is 1.54. The molecule has 6 nitrogen and oxygen atoms in total. The van der Waals surface area contributed by atoms with Crippen molar-refractivity contribution in [3.8, 4) is 0 Å². The SMILES string of the molecule is CC(C)NC(=O)CCN(c1ccc(N(C)C)cc1)S(C)(=O)=O. The van der Waals surface area contributed by atoms with Crippen LogP contribution in [-0.2, 0) is 14.8 Å². The Labute approximate surface area is 133 Å². The molecule has 1 aromatic carbocycles. The highest BCUT2D eigenvalue weighted by atomic mass is 32.2. The Morgan fingerprint density at radius 3 is 2.05 bits per heavy atom. The summed E-state index contributed by atoms with van der Waals surface area (Å²) in [6.45, 7) is 3.86. The second-order valence-electron chi connectivity index (χ2n) is 5.72. The van der Waals surface area contributed by atoms with Crippen molar-refractivity contribution in [3.05, 3.63) is 24.3 Å². The van der Waals surface area contributed by atoms with E-state index in [0.717, 1.165) is 11.9 Å². The average molecular weight is 327 g/mol. The van der Waals surface area contributed by atoms with E-state index in [-0.39, 0.29) is 24.9 Å². The molecule has 1 amide bonds. The lowest BCUT2D eigenvalue weighted by Gasteiger charge is -2.23. The van der Waals surface area contributed by atoms with Gasteiger partial charge < -0.3 is 10.2 Å². The fourth-order valence-electron chi connectivity index (χ4n) is 2.00. The normalized spacial score (nSPS) is 11.4. The van der Waals surface area contributed by atoms with Crippen LogP contribution in [0.2, 0.25) is 0 Å². The first-order valence-electron chi connectivity index (χ1n) is 7.15. The highest BCUT2D eigenvalue weighted by Crippen LogP contribution is 2.21. The van der Waals surface area contributed by atoms with Crippen LogP contribution in [0.5, 0.6) is 0 Å². The maximum atomic E-state index is 12.0. The molecule has 0 radical (unpaired) electrons. The highest BCUT2D eigenvalue weighted by molar-refractivity contribution is 7.92. The van der Waals surface area contributed by atoms with Gasteiger partial charge in [-0.15, -0.1) is 0 Å². The first-order chi connectivity index (χ1) is 10.1. The monoisotopic (exact) mass is 327 g/mol. The van der Waals surface area contributed by atoms with Crippen molar-refractivity contribution in [2.75, 3.05) is 36.1 Å². The number of benzene rings is 1. The number of hydrogen-bond acceptors (Lipinski definition) is 4. The van der Waals surface area contributed by atoms with Crippen molar-refractivity contribution in [2.24, 2.45) is 0 Å². The first-order valence-corrected chi connectivity index (χ1v) is 9.00. The van der Waals surface area contributed by atoms with E-state index in [0.29, 0.717) is 5.69 Å². The van der Waals surface area contributed by atoms with E-state index >= 15 is 0 Å². The van der Waals surface area contributed by atoms with Crippen LogP contribution < -0.4 is 14.5 Å². The molecule has 7 heteroatoms. The van der Waals surface area contributed by atoms with Gasteiger partial charge in [0.2, 0.25) is 15.9 Å². The van der Waals surface area contributed by atoms with E-state index in [2.05, 4.69) is 5.32 Å². The zero-order valence-corrected chi connectivity index (χ0v) is 14.6. The number of anilines is 2. The Morgan fingerprint density at radius 2 is 1.64 bits per heavy atom. The molecule has 0 atom stereocenters. The van der Waals surface area contributed by atoms with E-state index in [1.807, 2.05) is 45.0 Å². The number of hydrogen-bond donors (Lipinski definition) is 1. The average Bonchev–Trinajstić information content (AvgIpc) is 2.37. The Bertz CT molecular complexity index is 595. The highest BCUT2D eigenvalue weighted by Gasteiger charge is 2.18. The van der Waals surface area contributed by atoms with Crippen molar-refractivity contribution in [2.45, 2.75) is 26.3 Å². The summed E-state index contributed by atoms with van der Waals surface area (Å²) >= 11 is 0. The summed E-state index contributed by atoms with van der Waals surface area (Å²) in [7, 11) is 0.397. The molecule has 1 rings (SSSR count). The summed E-state index contributed by atoms with van der Waals surface area (Å²) in [5.74, 6) is -0.159. The Balaban J connectivity index is 2.88. The summed E-state index contributed by atoms with van der Waals surface area (Å²) < 4.78 is 25.2. The van der Waals surface area contributed by atoms with Gasteiger partial charge in [0, 0.05) is 38.8 Å². The van der Waals surface area contributed by atoms with Gasteiger partial charge in [-0.05, 0) is 38.1 Å². The Morgan fingerprint density at radius 1 is 1.14 bits per heavy atom. The molecule has 0 saturated heterocycles. The van der Waals surface area contributed by atoms with Crippen LogP contribution in [0.4, 0.5) is 11.4 Å². The zero-order chi connectivity index (χ0) is 16.9. The molecular weight excluding hydrogens is 302 g/mol. The second kappa shape index (κ2) is 7.49. The fourth-order valence-corrected chi connectivity index (χ4v) is 2.93. The molecule has 1 N–H and O–H groups in total. The predicted octanol–water partition coefficient (Wildman–Crippen LogP) is 1.43. The van der Waals surface area contributed by atoms with Crippen LogP contribution in [0, 0.1) is 0 Å². The number of nitrogens with zero attached hydrogens (tertiary/aromatic N) is 2. The van der Waals surface area contributed by atoms with Gasteiger partial charge in [-0.1, -0.05) is 0 Å². The topological polar surface area (TPSA) is 69.7 Å². The van der Waals surface area contributed by atoms with Crippen LogP contribution in [0.3, 0.4) is 0 Å². The van der Waals surface area contributed by atoms with Gasteiger partial charge in [0.25, 0.3) is 0 Å². The molecule has 0 aliphatic rings. The number of carbonyl (C=O) groups is 1. The van der Waals surface area contributed by atoms with E-state index in [1.165, 1.54) is 4.31 Å². The number of sulfonamides is 1. The maximum absolute atomic E-state index is 12.0. The van der Waals surface area contributed by atoms with E-state index in [4.69, 9.17) is 0 Å². The van der Waals surface area contributed by atoms with Crippen LogP contribution >= 0.6 is 0 Å². The van der Waals surface area contributed by atoms with Gasteiger partial charge in [0.15, 0.2) is 0 Å². The molecule has 0 fully saturated rings. The molecular formula is C15H25N3O3S. The van der Waals surface area contributed by atoms with E-state index < -0.39 is 10.0 Å². The van der Waals surface area contributed by atoms with Crippen LogP contribution in [0.15, 0.2) is 24.3 Å². The van der Waals surface area contributed by atoms with Crippen molar-refractivity contribution in [1.82, 2.24) is 5.32 Å². The van der Waals surface area contributed by atoms with Crippen molar-refractivity contribution in [3.63, 3.8) is 0 Å². The Hall–Kier alpha value is -1.76. The van der Waals surface area contributed by atoms with E-state index in [1.54, 1.807) is 12.1 Å². The molecule has 22 heavy (non-hydrogen) atoms. The fraction of sp³-hybridized carbons (Fsp3) is 0.533. The summed E-state index contributed by atoms with van der Waals surface area (Å²) in [6, 6.07) is 7.23. The molecule has 1 aromatic rings. The van der Waals surface area contributed by atoms with Gasteiger partial charge in [0.05, 0.1) is 11.9 Å². The predicted molar refractivity (Wildman–Crippen MR) is 90.9 cm³/mol. The standard InChI is InChI=1S/C15H25N3O3S/c1-12(2)16-15(19)10-11-18(22(5,20)21)14-8-6-13(7-9-14)17(3)4/h6-9,12H,10-11H2,1-5H3,(H,16,19). The van der Waals surface area contributed by atoms with Crippen molar-refractivity contribution in [1.29, 1.82) is 0 Å². The summed E-state index contributed by atoms with van der Waals surface area (Å²) in [6.07, 6.45) is 1.27. The van der Waals surface area contributed by atoms with Gasteiger partial charge in [-0.2, -0.15) is 0 Å². The van der Waals surface area contributed by atoms with Gasteiger partial charge in [0.1, 0.15) is 0 Å². The minimum atomic E-state index is -3.44. The quantitative estimate of drug-likeness (QED) is 0.822. The first kappa shape index (κ1) is 18.3. The maximum Gasteiger partial charge on any atom is 0.232 e.